The van der Waals surface area contributed by atoms with Gasteiger partial charge in [0.2, 0.25) is 0 Å². The molecule has 6 heteroatoms. The first-order valence-corrected chi connectivity index (χ1v) is 10.4. The Bertz CT molecular complexity index is 840. The lowest BCUT2D eigenvalue weighted by Gasteiger charge is -2.20. The predicted octanol–water partition coefficient (Wildman–Crippen LogP) is 4.59. The van der Waals surface area contributed by atoms with Gasteiger partial charge in [0, 0.05) is 32.6 Å². The first kappa shape index (κ1) is 22.1. The molecule has 0 aliphatic carbocycles. The monoisotopic (exact) mass is 415 g/mol. The number of hydrogen-bond acceptors (Lipinski definition) is 5. The van der Waals surface area contributed by atoms with Gasteiger partial charge in [-0.15, -0.1) is 0 Å². The fourth-order valence-corrected chi connectivity index (χ4v) is 3.74. The summed E-state index contributed by atoms with van der Waals surface area (Å²) in [5.74, 6) is 1.38. The summed E-state index contributed by atoms with van der Waals surface area (Å²) in [6.07, 6.45) is 1.37. The maximum absolute atomic E-state index is 14.6. The number of ether oxygens (including phenoxy) is 3. The van der Waals surface area contributed by atoms with Gasteiger partial charge in [0.25, 0.3) is 0 Å². The third-order valence-electron chi connectivity index (χ3n) is 5.31. The number of anilines is 1. The van der Waals surface area contributed by atoms with Gasteiger partial charge in [0.15, 0.2) is 0 Å². The average Bonchev–Trinajstić information content (AvgIpc) is 3.16. The van der Waals surface area contributed by atoms with E-state index in [0.717, 1.165) is 24.3 Å². The predicted molar refractivity (Wildman–Crippen MR) is 115 cm³/mol. The molecule has 1 heterocycles. The lowest BCUT2D eigenvalue weighted by molar-refractivity contribution is -0.117. The Kier molecular flexibility index (Phi) is 7.69. The van der Waals surface area contributed by atoms with Crippen LogP contribution in [0, 0.1) is 5.82 Å². The summed E-state index contributed by atoms with van der Waals surface area (Å²) in [5.41, 5.74) is 1.69. The van der Waals surface area contributed by atoms with Crippen molar-refractivity contribution in [2.45, 2.75) is 38.7 Å². The summed E-state index contributed by atoms with van der Waals surface area (Å²) in [7, 11) is 1.60. The van der Waals surface area contributed by atoms with E-state index in [1.54, 1.807) is 26.2 Å². The molecule has 5 nitrogen and oxygen atoms in total. The maximum Gasteiger partial charge on any atom is 0.150 e. The van der Waals surface area contributed by atoms with E-state index in [9.17, 15) is 9.18 Å². The zero-order valence-electron chi connectivity index (χ0n) is 17.9. The Morgan fingerprint density at radius 1 is 1.17 bits per heavy atom. The molecule has 0 saturated carbocycles. The van der Waals surface area contributed by atoms with Gasteiger partial charge < -0.3 is 23.9 Å². The number of nitrogens with zero attached hydrogens (tertiary/aromatic N) is 1. The molecule has 0 N–H and O–H groups in total. The second-order valence-electron chi connectivity index (χ2n) is 7.81. The SMILES string of the molecule is COCCOc1ccc(N2CCC(Oc3ccc([C@H](C)CC(C)=O)cc3)C2)c(F)c1. The van der Waals surface area contributed by atoms with Crippen molar-refractivity contribution in [3.05, 3.63) is 53.8 Å². The van der Waals surface area contributed by atoms with Gasteiger partial charge >= 0.3 is 0 Å². The Labute approximate surface area is 177 Å². The molecule has 2 aromatic rings. The largest absolute Gasteiger partial charge is 0.491 e. The number of halogens is 1. The molecule has 1 unspecified atom stereocenters. The topological polar surface area (TPSA) is 48.0 Å². The van der Waals surface area contributed by atoms with E-state index in [1.165, 1.54) is 6.07 Å². The Morgan fingerprint density at radius 2 is 1.90 bits per heavy atom. The summed E-state index contributed by atoms with van der Waals surface area (Å²) in [6.45, 7) is 5.88. The fraction of sp³-hybridized carbons (Fsp3) is 0.458. The summed E-state index contributed by atoms with van der Waals surface area (Å²) in [6, 6.07) is 12.9. The third kappa shape index (κ3) is 5.95. The lowest BCUT2D eigenvalue weighted by Crippen LogP contribution is -2.25. The van der Waals surface area contributed by atoms with Gasteiger partial charge in [0.1, 0.15) is 35.8 Å². The minimum atomic E-state index is -0.297. The lowest BCUT2D eigenvalue weighted by atomic mass is 9.96. The van der Waals surface area contributed by atoms with Crippen LogP contribution in [-0.4, -0.2) is 45.3 Å². The summed E-state index contributed by atoms with van der Waals surface area (Å²) in [4.78, 5) is 13.3. The Morgan fingerprint density at radius 3 is 2.57 bits per heavy atom. The highest BCUT2D eigenvalue weighted by atomic mass is 19.1. The zero-order valence-corrected chi connectivity index (χ0v) is 17.9. The highest BCUT2D eigenvalue weighted by Crippen LogP contribution is 2.29. The van der Waals surface area contributed by atoms with Gasteiger partial charge in [-0.25, -0.2) is 4.39 Å². The minimum absolute atomic E-state index is 0.00234. The quantitative estimate of drug-likeness (QED) is 0.531. The van der Waals surface area contributed by atoms with E-state index >= 15 is 0 Å². The van der Waals surface area contributed by atoms with E-state index in [0.29, 0.717) is 37.6 Å². The molecule has 162 valence electrons. The molecule has 2 aromatic carbocycles. The van der Waals surface area contributed by atoms with Gasteiger partial charge in [0.05, 0.1) is 18.8 Å². The van der Waals surface area contributed by atoms with Crippen LogP contribution in [0.3, 0.4) is 0 Å². The number of carbonyl (C=O) groups is 1. The number of Topliss-reactive ketones (excluding diaryl/α,β-unsaturated/α-hetero) is 1. The molecule has 30 heavy (non-hydrogen) atoms. The number of benzene rings is 2. The number of ketones is 1. The van der Waals surface area contributed by atoms with Crippen molar-refractivity contribution in [2.24, 2.45) is 0 Å². The van der Waals surface area contributed by atoms with E-state index in [1.807, 2.05) is 29.2 Å². The molecule has 1 fully saturated rings. The molecule has 1 saturated heterocycles. The summed E-state index contributed by atoms with van der Waals surface area (Å²) < 4.78 is 31.1. The molecular formula is C24H30FNO4. The van der Waals surface area contributed by atoms with Gasteiger partial charge in [-0.05, 0) is 42.7 Å². The second kappa shape index (κ2) is 10.4. The number of rotatable bonds is 10. The molecule has 0 aromatic heterocycles. The van der Waals surface area contributed by atoms with Gasteiger partial charge in [-0.2, -0.15) is 0 Å². The second-order valence-corrected chi connectivity index (χ2v) is 7.81. The van der Waals surface area contributed by atoms with Crippen molar-refractivity contribution in [3.8, 4) is 11.5 Å². The van der Waals surface area contributed by atoms with Crippen LogP contribution in [0.1, 0.15) is 38.2 Å². The van der Waals surface area contributed by atoms with Crippen LogP contribution >= 0.6 is 0 Å². The van der Waals surface area contributed by atoms with Gasteiger partial charge in [-0.3, -0.25) is 0 Å². The highest BCUT2D eigenvalue weighted by molar-refractivity contribution is 5.76. The smallest absolute Gasteiger partial charge is 0.150 e. The van der Waals surface area contributed by atoms with Crippen LogP contribution in [0.2, 0.25) is 0 Å². The normalized spacial score (nSPS) is 17.1. The van der Waals surface area contributed by atoms with Crippen molar-refractivity contribution < 1.29 is 23.4 Å². The molecule has 0 radical (unpaired) electrons. The Balaban J connectivity index is 1.55. The zero-order chi connectivity index (χ0) is 21.5. The van der Waals surface area contributed by atoms with Crippen LogP contribution in [0.5, 0.6) is 11.5 Å². The molecule has 2 atom stereocenters. The third-order valence-corrected chi connectivity index (χ3v) is 5.31. The van der Waals surface area contributed by atoms with E-state index in [2.05, 4.69) is 6.92 Å². The molecule has 0 bridgehead atoms. The number of hydrogen-bond donors (Lipinski definition) is 0. The molecule has 1 aliphatic rings. The van der Waals surface area contributed by atoms with Crippen LogP contribution in [0.15, 0.2) is 42.5 Å². The molecule has 0 amide bonds. The molecule has 0 spiro atoms. The number of methoxy groups -OCH3 is 1. The van der Waals surface area contributed by atoms with E-state index in [-0.39, 0.29) is 23.6 Å². The van der Waals surface area contributed by atoms with E-state index in [4.69, 9.17) is 14.2 Å². The standard InChI is InChI=1S/C24H30FNO4/c1-17(14-18(2)27)19-4-6-20(7-5-19)30-22-10-11-26(16-22)24-9-8-21(15-23(24)25)29-13-12-28-3/h4-9,15,17,22H,10-14,16H2,1-3H3/t17-,22?/m1/s1. The van der Waals surface area contributed by atoms with Crippen molar-refractivity contribution in [1.82, 2.24) is 0 Å². The van der Waals surface area contributed by atoms with Crippen LogP contribution < -0.4 is 14.4 Å². The van der Waals surface area contributed by atoms with E-state index < -0.39 is 0 Å². The van der Waals surface area contributed by atoms with Gasteiger partial charge in [-0.1, -0.05) is 19.1 Å². The Hall–Kier alpha value is -2.60. The van der Waals surface area contributed by atoms with Crippen LogP contribution in [0.4, 0.5) is 10.1 Å². The van der Waals surface area contributed by atoms with Crippen LogP contribution in [0.25, 0.3) is 0 Å². The molecular weight excluding hydrogens is 385 g/mol. The van der Waals surface area contributed by atoms with Crippen molar-refractivity contribution in [2.75, 3.05) is 38.3 Å². The summed E-state index contributed by atoms with van der Waals surface area (Å²) >= 11 is 0. The average molecular weight is 416 g/mol. The van der Waals surface area contributed by atoms with Crippen molar-refractivity contribution >= 4 is 11.5 Å². The first-order valence-electron chi connectivity index (χ1n) is 10.4. The van der Waals surface area contributed by atoms with Crippen molar-refractivity contribution in [1.29, 1.82) is 0 Å². The minimum Gasteiger partial charge on any atom is -0.491 e. The first-order chi connectivity index (χ1) is 14.5. The molecule has 1 aliphatic heterocycles. The maximum atomic E-state index is 14.6. The fourth-order valence-electron chi connectivity index (χ4n) is 3.74. The molecule has 3 rings (SSSR count). The van der Waals surface area contributed by atoms with Crippen molar-refractivity contribution in [3.63, 3.8) is 0 Å². The van der Waals surface area contributed by atoms with Crippen LogP contribution in [-0.2, 0) is 9.53 Å². The summed E-state index contributed by atoms with van der Waals surface area (Å²) in [5, 5.41) is 0. The highest BCUT2D eigenvalue weighted by Gasteiger charge is 2.26. The number of carbonyl (C=O) groups excluding carboxylic acids is 1.